The van der Waals surface area contributed by atoms with E-state index in [4.69, 9.17) is 9.47 Å². The van der Waals surface area contributed by atoms with E-state index in [2.05, 4.69) is 43.4 Å². The van der Waals surface area contributed by atoms with Crippen molar-refractivity contribution in [2.75, 3.05) is 40.5 Å². The normalized spacial score (nSPS) is 12.7. The molecule has 5 heteroatoms. The van der Waals surface area contributed by atoms with Crippen molar-refractivity contribution in [2.45, 2.75) is 38.6 Å². The molecule has 0 saturated heterocycles. The van der Waals surface area contributed by atoms with Crippen LogP contribution in [0.15, 0.2) is 30.3 Å². The van der Waals surface area contributed by atoms with Gasteiger partial charge >= 0.3 is 6.03 Å². The lowest BCUT2D eigenvalue weighted by atomic mass is 9.79. The van der Waals surface area contributed by atoms with E-state index < -0.39 is 0 Å². The summed E-state index contributed by atoms with van der Waals surface area (Å²) in [5, 5.41) is 3.10. The quantitative estimate of drug-likeness (QED) is 0.714. The number of nitrogens with one attached hydrogen (secondary N) is 1. The molecule has 2 amide bonds. The molecule has 1 unspecified atom stereocenters. The summed E-state index contributed by atoms with van der Waals surface area (Å²) >= 11 is 0. The summed E-state index contributed by atoms with van der Waals surface area (Å²) in [5.41, 5.74) is 1.28. The Kier molecular flexibility index (Phi) is 8.79. The number of urea groups is 1. The van der Waals surface area contributed by atoms with Gasteiger partial charge in [-0.15, -0.1) is 0 Å². The van der Waals surface area contributed by atoms with E-state index in [1.54, 1.807) is 19.1 Å². The maximum absolute atomic E-state index is 12.5. The van der Waals surface area contributed by atoms with Gasteiger partial charge in [0.25, 0.3) is 0 Å². The number of nitrogens with zero attached hydrogens (tertiary/aromatic N) is 1. The van der Waals surface area contributed by atoms with E-state index in [1.807, 2.05) is 13.0 Å². The van der Waals surface area contributed by atoms with Gasteiger partial charge in [-0.25, -0.2) is 4.79 Å². The molecule has 1 N–H and O–H groups in total. The molecule has 24 heavy (non-hydrogen) atoms. The fraction of sp³-hybridized carbons (Fsp3) is 0.632. The molecule has 0 heterocycles. The predicted molar refractivity (Wildman–Crippen MR) is 97.4 cm³/mol. The minimum Gasteiger partial charge on any atom is -0.383 e. The van der Waals surface area contributed by atoms with Gasteiger partial charge in [0.1, 0.15) is 0 Å². The van der Waals surface area contributed by atoms with Crippen molar-refractivity contribution in [2.24, 2.45) is 0 Å². The standard InChI is InChI=1S/C19H32N2O3/c1-16(15-19(2,3)17-9-7-6-8-10-17)20-18(22)21(11-13-23-4)12-14-24-5/h6-10,16H,11-15H2,1-5H3,(H,20,22). The summed E-state index contributed by atoms with van der Waals surface area (Å²) in [6.07, 6.45) is 0.866. The number of rotatable bonds is 10. The van der Waals surface area contributed by atoms with Crippen molar-refractivity contribution in [1.29, 1.82) is 0 Å². The van der Waals surface area contributed by atoms with Crippen LogP contribution in [0.1, 0.15) is 32.8 Å². The highest BCUT2D eigenvalue weighted by Gasteiger charge is 2.25. The lowest BCUT2D eigenvalue weighted by Crippen LogP contribution is -2.47. The molecule has 0 bridgehead atoms. The molecule has 0 radical (unpaired) electrons. The van der Waals surface area contributed by atoms with Gasteiger partial charge in [0.05, 0.1) is 13.2 Å². The van der Waals surface area contributed by atoms with Gasteiger partial charge < -0.3 is 19.7 Å². The maximum atomic E-state index is 12.5. The third-order valence-corrected chi connectivity index (χ3v) is 4.16. The molecule has 0 aliphatic rings. The number of methoxy groups -OCH3 is 2. The monoisotopic (exact) mass is 336 g/mol. The van der Waals surface area contributed by atoms with Crippen LogP contribution in [-0.4, -0.2) is 57.5 Å². The lowest BCUT2D eigenvalue weighted by molar-refractivity contribution is 0.120. The Morgan fingerprint density at radius 1 is 1.12 bits per heavy atom. The summed E-state index contributed by atoms with van der Waals surface area (Å²) in [6.45, 7) is 8.60. The van der Waals surface area contributed by atoms with Gasteiger partial charge in [0, 0.05) is 33.4 Å². The Hall–Kier alpha value is -1.59. The van der Waals surface area contributed by atoms with Crippen molar-refractivity contribution < 1.29 is 14.3 Å². The van der Waals surface area contributed by atoms with Gasteiger partial charge in [-0.3, -0.25) is 0 Å². The van der Waals surface area contributed by atoms with Crippen LogP contribution in [0.4, 0.5) is 4.79 Å². The molecule has 0 spiro atoms. The Labute approximate surface area is 146 Å². The highest BCUT2D eigenvalue weighted by molar-refractivity contribution is 5.74. The second kappa shape index (κ2) is 10.3. The molecule has 1 aromatic rings. The van der Waals surface area contributed by atoms with E-state index in [0.29, 0.717) is 26.3 Å². The SMILES string of the molecule is COCCN(CCOC)C(=O)NC(C)CC(C)(C)c1ccccc1. The fourth-order valence-electron chi connectivity index (χ4n) is 2.84. The molecular formula is C19H32N2O3. The van der Waals surface area contributed by atoms with Crippen LogP contribution in [-0.2, 0) is 14.9 Å². The molecule has 136 valence electrons. The summed E-state index contributed by atoms with van der Waals surface area (Å²) in [4.78, 5) is 14.2. The smallest absolute Gasteiger partial charge is 0.317 e. The Morgan fingerprint density at radius 3 is 2.17 bits per heavy atom. The lowest BCUT2D eigenvalue weighted by Gasteiger charge is -2.31. The van der Waals surface area contributed by atoms with Gasteiger partial charge in [-0.1, -0.05) is 44.2 Å². The minimum atomic E-state index is -0.0690. The Bertz CT molecular complexity index is 469. The van der Waals surface area contributed by atoms with Gasteiger partial charge in [-0.05, 0) is 24.3 Å². The number of hydrogen-bond acceptors (Lipinski definition) is 3. The molecule has 0 fully saturated rings. The molecule has 0 aliphatic carbocycles. The minimum absolute atomic E-state index is 0.00214. The van der Waals surface area contributed by atoms with Crippen LogP contribution in [0.5, 0.6) is 0 Å². The third-order valence-electron chi connectivity index (χ3n) is 4.16. The highest BCUT2D eigenvalue weighted by atomic mass is 16.5. The molecular weight excluding hydrogens is 304 g/mol. The molecule has 0 aromatic heterocycles. The van der Waals surface area contributed by atoms with Crippen LogP contribution in [0.3, 0.4) is 0 Å². The molecule has 1 rings (SSSR count). The number of benzene rings is 1. The van der Waals surface area contributed by atoms with Crippen molar-refractivity contribution in [1.82, 2.24) is 10.2 Å². The van der Waals surface area contributed by atoms with Gasteiger partial charge in [0.15, 0.2) is 0 Å². The van der Waals surface area contributed by atoms with Crippen molar-refractivity contribution in [3.05, 3.63) is 35.9 Å². The average Bonchev–Trinajstić information content (AvgIpc) is 2.55. The Morgan fingerprint density at radius 2 is 1.67 bits per heavy atom. The Balaban J connectivity index is 2.60. The van der Waals surface area contributed by atoms with Crippen LogP contribution in [0.25, 0.3) is 0 Å². The van der Waals surface area contributed by atoms with Crippen LogP contribution in [0, 0.1) is 0 Å². The second-order valence-corrected chi connectivity index (χ2v) is 6.78. The highest BCUT2D eigenvalue weighted by Crippen LogP contribution is 2.28. The van der Waals surface area contributed by atoms with Crippen LogP contribution < -0.4 is 5.32 Å². The number of ether oxygens (including phenoxy) is 2. The van der Waals surface area contributed by atoms with Crippen molar-refractivity contribution in [3.8, 4) is 0 Å². The van der Waals surface area contributed by atoms with Gasteiger partial charge in [-0.2, -0.15) is 0 Å². The molecule has 5 nitrogen and oxygen atoms in total. The van der Waals surface area contributed by atoms with Crippen LogP contribution in [0.2, 0.25) is 0 Å². The first-order chi connectivity index (χ1) is 11.4. The van der Waals surface area contributed by atoms with Crippen LogP contribution >= 0.6 is 0 Å². The molecule has 1 atom stereocenters. The zero-order chi connectivity index (χ0) is 18.0. The first-order valence-corrected chi connectivity index (χ1v) is 8.49. The van der Waals surface area contributed by atoms with Gasteiger partial charge in [0.2, 0.25) is 0 Å². The topological polar surface area (TPSA) is 50.8 Å². The van der Waals surface area contributed by atoms with Crippen molar-refractivity contribution >= 4 is 6.03 Å². The fourth-order valence-corrected chi connectivity index (χ4v) is 2.84. The van der Waals surface area contributed by atoms with Crippen molar-refractivity contribution in [3.63, 3.8) is 0 Å². The third kappa shape index (κ3) is 6.89. The number of carbonyl (C=O) groups is 1. The first kappa shape index (κ1) is 20.5. The number of amides is 2. The summed E-state index contributed by atoms with van der Waals surface area (Å²) in [5.74, 6) is 0. The largest absolute Gasteiger partial charge is 0.383 e. The van der Waals surface area contributed by atoms with E-state index in [0.717, 1.165) is 6.42 Å². The zero-order valence-electron chi connectivity index (χ0n) is 15.7. The predicted octanol–water partition coefficient (Wildman–Crippen LogP) is 3.05. The molecule has 1 aromatic carbocycles. The second-order valence-electron chi connectivity index (χ2n) is 6.78. The number of carbonyl (C=O) groups excluding carboxylic acids is 1. The number of hydrogen-bond donors (Lipinski definition) is 1. The average molecular weight is 336 g/mol. The maximum Gasteiger partial charge on any atom is 0.317 e. The molecule has 0 aliphatic heterocycles. The first-order valence-electron chi connectivity index (χ1n) is 8.49. The van der Waals surface area contributed by atoms with E-state index in [-0.39, 0.29) is 17.5 Å². The zero-order valence-corrected chi connectivity index (χ0v) is 15.7. The molecule has 0 saturated carbocycles. The van der Waals surface area contributed by atoms with E-state index >= 15 is 0 Å². The van der Waals surface area contributed by atoms with E-state index in [1.165, 1.54) is 5.56 Å². The van der Waals surface area contributed by atoms with E-state index in [9.17, 15) is 4.79 Å². The summed E-state index contributed by atoms with van der Waals surface area (Å²) < 4.78 is 10.2. The summed E-state index contributed by atoms with van der Waals surface area (Å²) in [6, 6.07) is 10.4. The summed E-state index contributed by atoms with van der Waals surface area (Å²) in [7, 11) is 3.27.